The van der Waals surface area contributed by atoms with Crippen molar-refractivity contribution in [3.8, 4) is 0 Å². The molecule has 0 spiro atoms. The largest absolute Gasteiger partial charge is 0.398 e. The van der Waals surface area contributed by atoms with Crippen molar-refractivity contribution < 1.29 is 8.42 Å². The summed E-state index contributed by atoms with van der Waals surface area (Å²) in [6.45, 7) is 8.28. The van der Waals surface area contributed by atoms with Gasteiger partial charge in [-0.1, -0.05) is 27.7 Å². The molecule has 0 bridgehead atoms. The van der Waals surface area contributed by atoms with Crippen molar-refractivity contribution in [2.24, 2.45) is 5.92 Å². The van der Waals surface area contributed by atoms with Crippen molar-refractivity contribution in [1.82, 2.24) is 4.72 Å². The number of sulfonamides is 1. The van der Waals surface area contributed by atoms with Crippen molar-refractivity contribution in [3.05, 3.63) is 23.3 Å². The molecule has 5 heteroatoms. The molecule has 19 heavy (non-hydrogen) atoms. The fourth-order valence-corrected chi connectivity index (χ4v) is 3.50. The Hall–Kier alpha value is -1.07. The van der Waals surface area contributed by atoms with Gasteiger partial charge in [0.2, 0.25) is 10.0 Å². The lowest BCUT2D eigenvalue weighted by Gasteiger charge is -2.15. The fourth-order valence-electron chi connectivity index (χ4n) is 1.90. The van der Waals surface area contributed by atoms with Crippen LogP contribution in [-0.2, 0) is 22.9 Å². The van der Waals surface area contributed by atoms with Gasteiger partial charge in [0.25, 0.3) is 0 Å². The smallest absolute Gasteiger partial charge is 0.240 e. The second-order valence-electron chi connectivity index (χ2n) is 5.11. The summed E-state index contributed by atoms with van der Waals surface area (Å²) in [6.07, 6.45) is 1.37. The average molecular weight is 284 g/mol. The van der Waals surface area contributed by atoms with Crippen LogP contribution in [0.4, 0.5) is 5.69 Å². The van der Waals surface area contributed by atoms with E-state index < -0.39 is 10.0 Å². The number of rotatable bonds is 6. The maximum Gasteiger partial charge on any atom is 0.240 e. The Morgan fingerprint density at radius 3 is 2.32 bits per heavy atom. The van der Waals surface area contributed by atoms with Gasteiger partial charge in [0.1, 0.15) is 0 Å². The molecule has 4 nitrogen and oxygen atoms in total. The average Bonchev–Trinajstić information content (AvgIpc) is 2.35. The van der Waals surface area contributed by atoms with Gasteiger partial charge in [-0.2, -0.15) is 0 Å². The van der Waals surface area contributed by atoms with Crippen molar-refractivity contribution >= 4 is 15.7 Å². The molecule has 0 amide bonds. The fraction of sp³-hybridized carbons (Fsp3) is 0.571. The van der Waals surface area contributed by atoms with Crippen LogP contribution in [0.2, 0.25) is 0 Å². The minimum atomic E-state index is -3.48. The number of aryl methyl sites for hydroxylation is 1. The first-order valence-corrected chi connectivity index (χ1v) is 8.21. The Kier molecular flexibility index (Phi) is 5.38. The van der Waals surface area contributed by atoms with E-state index in [1.54, 1.807) is 6.07 Å². The Morgan fingerprint density at radius 1 is 1.21 bits per heavy atom. The molecule has 0 aromatic heterocycles. The van der Waals surface area contributed by atoms with E-state index in [-0.39, 0.29) is 5.92 Å². The highest BCUT2D eigenvalue weighted by Crippen LogP contribution is 2.25. The van der Waals surface area contributed by atoms with E-state index in [2.05, 4.69) is 4.72 Å². The van der Waals surface area contributed by atoms with E-state index >= 15 is 0 Å². The topological polar surface area (TPSA) is 72.2 Å². The first-order valence-electron chi connectivity index (χ1n) is 6.72. The molecule has 0 heterocycles. The van der Waals surface area contributed by atoms with Gasteiger partial charge in [-0.3, -0.25) is 0 Å². The third kappa shape index (κ3) is 3.94. The van der Waals surface area contributed by atoms with Crippen LogP contribution < -0.4 is 10.5 Å². The molecular formula is C14H24N2O2S. The quantitative estimate of drug-likeness (QED) is 0.787. The van der Waals surface area contributed by atoms with E-state index in [1.807, 2.05) is 33.8 Å². The number of hydrogen-bond donors (Lipinski definition) is 2. The number of nitrogens with one attached hydrogen (secondary N) is 1. The highest BCUT2D eigenvalue weighted by Gasteiger charge is 2.20. The molecule has 0 unspecified atom stereocenters. The number of benzene rings is 1. The molecule has 0 saturated carbocycles. The summed E-state index contributed by atoms with van der Waals surface area (Å²) >= 11 is 0. The summed E-state index contributed by atoms with van der Waals surface area (Å²) in [7, 11) is -3.48. The van der Waals surface area contributed by atoms with Gasteiger partial charge in [-0.25, -0.2) is 13.1 Å². The van der Waals surface area contributed by atoms with Crippen molar-refractivity contribution in [2.45, 2.75) is 45.4 Å². The van der Waals surface area contributed by atoms with Crippen molar-refractivity contribution in [2.75, 3.05) is 12.3 Å². The van der Waals surface area contributed by atoms with Crippen LogP contribution in [0.3, 0.4) is 0 Å². The summed E-state index contributed by atoms with van der Waals surface area (Å²) in [5.41, 5.74) is 8.18. The number of nitrogens with two attached hydrogens (primary N) is 1. The van der Waals surface area contributed by atoms with E-state index in [0.29, 0.717) is 29.1 Å². The number of hydrogen-bond acceptors (Lipinski definition) is 3. The van der Waals surface area contributed by atoms with E-state index in [4.69, 9.17) is 5.73 Å². The van der Waals surface area contributed by atoms with Crippen LogP contribution in [0, 0.1) is 5.92 Å². The van der Waals surface area contributed by atoms with Gasteiger partial charge in [0, 0.05) is 12.2 Å². The van der Waals surface area contributed by atoms with Crippen molar-refractivity contribution in [3.63, 3.8) is 0 Å². The second kappa shape index (κ2) is 6.39. The van der Waals surface area contributed by atoms with Gasteiger partial charge in [-0.15, -0.1) is 0 Å². The molecule has 108 valence electrons. The van der Waals surface area contributed by atoms with Crippen LogP contribution in [0.15, 0.2) is 17.0 Å². The zero-order valence-electron chi connectivity index (χ0n) is 12.2. The molecule has 3 N–H and O–H groups in total. The minimum absolute atomic E-state index is 0.270. The molecule has 0 aliphatic rings. The van der Waals surface area contributed by atoms with Gasteiger partial charge in [0.15, 0.2) is 0 Å². The van der Waals surface area contributed by atoms with Crippen LogP contribution in [0.1, 0.15) is 38.8 Å². The molecular weight excluding hydrogens is 260 g/mol. The van der Waals surface area contributed by atoms with Gasteiger partial charge in [-0.05, 0) is 42.0 Å². The zero-order valence-corrected chi connectivity index (χ0v) is 13.0. The van der Waals surface area contributed by atoms with Crippen LogP contribution >= 0.6 is 0 Å². The minimum Gasteiger partial charge on any atom is -0.398 e. The molecule has 0 atom stereocenters. The highest BCUT2D eigenvalue weighted by atomic mass is 32.2. The summed E-state index contributed by atoms with van der Waals surface area (Å²) in [6, 6.07) is 3.60. The number of nitrogen functional groups attached to an aromatic ring is 1. The van der Waals surface area contributed by atoms with Crippen LogP contribution in [0.25, 0.3) is 0 Å². The lowest BCUT2D eigenvalue weighted by atomic mass is 10.1. The summed E-state index contributed by atoms with van der Waals surface area (Å²) in [5, 5.41) is 0. The van der Waals surface area contributed by atoms with Crippen LogP contribution in [0.5, 0.6) is 0 Å². The Balaban J connectivity index is 3.27. The molecule has 1 aromatic carbocycles. The predicted octanol–water partition coefficient (Wildman–Crippen LogP) is 2.33. The summed E-state index contributed by atoms with van der Waals surface area (Å²) in [5.74, 6) is 0.270. The third-order valence-corrected chi connectivity index (χ3v) is 4.53. The third-order valence-electron chi connectivity index (χ3n) is 3.04. The Morgan fingerprint density at radius 2 is 1.84 bits per heavy atom. The molecule has 0 radical (unpaired) electrons. The molecule has 1 aromatic rings. The molecule has 0 aliphatic heterocycles. The number of anilines is 1. The lowest BCUT2D eigenvalue weighted by molar-refractivity contribution is 0.559. The highest BCUT2D eigenvalue weighted by molar-refractivity contribution is 7.89. The first-order chi connectivity index (χ1) is 8.81. The van der Waals surface area contributed by atoms with Gasteiger partial charge < -0.3 is 5.73 Å². The normalized spacial score (nSPS) is 12.1. The standard InChI is InChI=1S/C14H24N2O2S/c1-5-11-7-13(15)12(6-2)14(8-11)19(17,18)16-9-10(3)4/h7-8,10,16H,5-6,9,15H2,1-4H3. The SMILES string of the molecule is CCc1cc(N)c(CC)c(S(=O)(=O)NCC(C)C)c1. The Labute approximate surface area is 116 Å². The first kappa shape index (κ1) is 16.0. The maximum atomic E-state index is 12.4. The molecule has 0 fully saturated rings. The van der Waals surface area contributed by atoms with Crippen molar-refractivity contribution in [1.29, 1.82) is 0 Å². The van der Waals surface area contributed by atoms with Crippen LogP contribution in [-0.4, -0.2) is 15.0 Å². The molecule has 1 rings (SSSR count). The lowest BCUT2D eigenvalue weighted by Crippen LogP contribution is -2.28. The predicted molar refractivity (Wildman–Crippen MR) is 79.6 cm³/mol. The second-order valence-corrected chi connectivity index (χ2v) is 6.85. The van der Waals surface area contributed by atoms with Gasteiger partial charge >= 0.3 is 0 Å². The molecule has 0 saturated heterocycles. The van der Waals surface area contributed by atoms with E-state index in [1.165, 1.54) is 0 Å². The summed E-state index contributed by atoms with van der Waals surface area (Å²) < 4.78 is 27.4. The maximum absolute atomic E-state index is 12.4. The molecule has 0 aliphatic carbocycles. The van der Waals surface area contributed by atoms with E-state index in [0.717, 1.165) is 12.0 Å². The zero-order chi connectivity index (χ0) is 14.6. The van der Waals surface area contributed by atoms with Gasteiger partial charge in [0.05, 0.1) is 4.90 Å². The Bertz CT molecular complexity index is 537. The van der Waals surface area contributed by atoms with E-state index in [9.17, 15) is 8.42 Å². The summed E-state index contributed by atoms with van der Waals surface area (Å²) in [4.78, 5) is 0.326. The monoisotopic (exact) mass is 284 g/mol.